The fourth-order valence-electron chi connectivity index (χ4n) is 4.68. The van der Waals surface area contributed by atoms with Crippen molar-refractivity contribution in [2.75, 3.05) is 12.4 Å². The lowest BCUT2D eigenvalue weighted by Crippen LogP contribution is -2.34. The van der Waals surface area contributed by atoms with Crippen LogP contribution in [0.1, 0.15) is 29.9 Å². The van der Waals surface area contributed by atoms with Crippen LogP contribution in [-0.2, 0) is 16.1 Å². The van der Waals surface area contributed by atoms with Crippen molar-refractivity contribution in [3.63, 3.8) is 0 Å². The van der Waals surface area contributed by atoms with Crippen molar-refractivity contribution in [3.05, 3.63) is 101 Å². The third-order valence-corrected chi connectivity index (χ3v) is 6.86. The Morgan fingerprint density at radius 2 is 1.73 bits per heavy atom. The number of pyridine rings is 2. The minimum absolute atomic E-state index is 0. The van der Waals surface area contributed by atoms with Gasteiger partial charge in [-0.15, -0.1) is 12.4 Å². The molecule has 3 aromatic heterocycles. The zero-order valence-electron chi connectivity index (χ0n) is 25.1. The van der Waals surface area contributed by atoms with Gasteiger partial charge in [0.05, 0.1) is 36.7 Å². The lowest BCUT2D eigenvalue weighted by atomic mass is 10.2. The third-order valence-electron chi connectivity index (χ3n) is 6.86. The van der Waals surface area contributed by atoms with Crippen LogP contribution in [0.3, 0.4) is 0 Å². The maximum Gasteiger partial charge on any atom is 0.322 e. The second-order valence-corrected chi connectivity index (χ2v) is 10.2. The Morgan fingerprint density at radius 1 is 1.00 bits per heavy atom. The number of nitrogens with two attached hydrogens (primary N) is 1. The quantitative estimate of drug-likeness (QED) is 0.210. The van der Waals surface area contributed by atoms with E-state index in [9.17, 15) is 14.4 Å². The highest BCUT2D eigenvalue weighted by molar-refractivity contribution is 6.04. The number of esters is 1. The number of methoxy groups -OCH3 is 1. The molecule has 0 aliphatic rings. The van der Waals surface area contributed by atoms with Crippen molar-refractivity contribution >= 4 is 41.0 Å². The number of halogens is 1. The summed E-state index contributed by atoms with van der Waals surface area (Å²) in [4.78, 5) is 47.9. The standard InChI is InChI=1S/C32H32N6O6.ClH/c1-19(43-32(41)20(2)33)18-37-21(3)29(31(40)38(37)22-8-6-5-7-9-22)30(39)36-28-13-11-24(17-35-28)44-27-14-15-34-26-16-23(42-4)10-12-25(26)27;/h5-17,19-20H,18,33H2,1-4H3,(H,35,36,39);1H/t19-,20?;/m1./s1. The monoisotopic (exact) mass is 632 g/mol. The van der Waals surface area contributed by atoms with E-state index in [1.165, 1.54) is 17.8 Å². The first-order valence-corrected chi connectivity index (χ1v) is 13.9. The van der Waals surface area contributed by atoms with Crippen molar-refractivity contribution in [1.82, 2.24) is 19.3 Å². The van der Waals surface area contributed by atoms with Gasteiger partial charge >= 0.3 is 5.97 Å². The first-order chi connectivity index (χ1) is 21.2. The molecule has 0 saturated carbocycles. The maximum absolute atomic E-state index is 13.7. The van der Waals surface area contributed by atoms with E-state index in [0.29, 0.717) is 34.1 Å². The number of carbonyl (C=O) groups excluding carboxylic acids is 2. The van der Waals surface area contributed by atoms with Gasteiger partial charge in [0.2, 0.25) is 0 Å². The normalized spacial score (nSPS) is 12.1. The van der Waals surface area contributed by atoms with Crippen molar-refractivity contribution in [2.45, 2.75) is 39.5 Å². The van der Waals surface area contributed by atoms with Gasteiger partial charge < -0.3 is 25.3 Å². The van der Waals surface area contributed by atoms with Crippen LogP contribution in [0, 0.1) is 6.92 Å². The topological polar surface area (TPSA) is 153 Å². The molecule has 0 aliphatic carbocycles. The second-order valence-electron chi connectivity index (χ2n) is 10.2. The van der Waals surface area contributed by atoms with Crippen molar-refractivity contribution in [3.8, 4) is 22.9 Å². The summed E-state index contributed by atoms with van der Waals surface area (Å²) in [6, 6.07) is 18.6. The number of anilines is 1. The van der Waals surface area contributed by atoms with Gasteiger partial charge in [-0.1, -0.05) is 18.2 Å². The van der Waals surface area contributed by atoms with E-state index in [-0.39, 0.29) is 30.3 Å². The average molecular weight is 633 g/mol. The number of hydrogen-bond acceptors (Lipinski definition) is 9. The fraction of sp³-hybridized carbons (Fsp3) is 0.219. The molecule has 0 spiro atoms. The predicted molar refractivity (Wildman–Crippen MR) is 172 cm³/mol. The molecule has 0 fully saturated rings. The number of ether oxygens (including phenoxy) is 3. The number of amides is 1. The SMILES string of the molecule is COc1ccc2c(Oc3ccc(NC(=O)c4c(C)n(C[C@@H](C)OC(=O)C(C)N)n(-c5ccccc5)c4=O)nc3)ccnc2c1.Cl. The molecule has 5 rings (SSSR count). The molecule has 0 radical (unpaired) electrons. The Hall–Kier alpha value is -5.20. The molecule has 234 valence electrons. The largest absolute Gasteiger partial charge is 0.497 e. The number of aromatic nitrogens is 4. The number of nitrogens with one attached hydrogen (secondary N) is 1. The van der Waals surface area contributed by atoms with Gasteiger partial charge in [0.1, 0.15) is 40.8 Å². The zero-order chi connectivity index (χ0) is 31.4. The summed E-state index contributed by atoms with van der Waals surface area (Å²) in [7, 11) is 1.59. The summed E-state index contributed by atoms with van der Waals surface area (Å²) in [6.45, 7) is 5.00. The summed E-state index contributed by atoms with van der Waals surface area (Å²) in [5, 5.41) is 3.50. The highest BCUT2D eigenvalue weighted by Crippen LogP contribution is 2.30. The van der Waals surface area contributed by atoms with E-state index < -0.39 is 29.6 Å². The molecule has 0 aliphatic heterocycles. The van der Waals surface area contributed by atoms with Crippen LogP contribution in [0.25, 0.3) is 16.6 Å². The number of para-hydroxylation sites is 1. The number of nitrogens with zero attached hydrogens (tertiary/aromatic N) is 4. The highest BCUT2D eigenvalue weighted by atomic mass is 35.5. The molecule has 12 nitrogen and oxygen atoms in total. The first-order valence-electron chi connectivity index (χ1n) is 13.9. The third kappa shape index (κ3) is 7.14. The number of carbonyl (C=O) groups is 2. The molecular weight excluding hydrogens is 600 g/mol. The summed E-state index contributed by atoms with van der Waals surface area (Å²) >= 11 is 0. The maximum atomic E-state index is 13.7. The Morgan fingerprint density at radius 3 is 2.40 bits per heavy atom. The lowest BCUT2D eigenvalue weighted by Gasteiger charge is -2.19. The molecule has 45 heavy (non-hydrogen) atoms. The highest BCUT2D eigenvalue weighted by Gasteiger charge is 2.26. The van der Waals surface area contributed by atoms with E-state index in [0.717, 1.165) is 5.39 Å². The molecule has 1 unspecified atom stereocenters. The van der Waals surface area contributed by atoms with Crippen LogP contribution >= 0.6 is 12.4 Å². The van der Waals surface area contributed by atoms with Gasteiger partial charge in [-0.2, -0.15) is 0 Å². The zero-order valence-corrected chi connectivity index (χ0v) is 25.9. The first kappa shape index (κ1) is 32.7. The molecule has 2 atom stereocenters. The second kappa shape index (κ2) is 14.1. The van der Waals surface area contributed by atoms with E-state index in [4.69, 9.17) is 19.9 Å². The Kier molecular flexibility index (Phi) is 10.2. The Bertz CT molecular complexity index is 1870. The summed E-state index contributed by atoms with van der Waals surface area (Å²) in [6.07, 6.45) is 2.48. The van der Waals surface area contributed by atoms with Gasteiger partial charge in [-0.25, -0.2) is 9.67 Å². The van der Waals surface area contributed by atoms with Crippen molar-refractivity contribution < 1.29 is 23.8 Å². The van der Waals surface area contributed by atoms with Gasteiger partial charge in [-0.05, 0) is 63.2 Å². The Balaban J connectivity index is 0.00000461. The molecule has 1 amide bonds. The van der Waals surface area contributed by atoms with Gasteiger partial charge in [0, 0.05) is 17.6 Å². The van der Waals surface area contributed by atoms with Crippen LogP contribution < -0.4 is 26.1 Å². The average Bonchev–Trinajstić information content (AvgIpc) is 3.26. The van der Waals surface area contributed by atoms with Crippen molar-refractivity contribution in [1.29, 1.82) is 0 Å². The van der Waals surface area contributed by atoms with E-state index in [1.807, 2.05) is 24.3 Å². The Labute approximate surface area is 265 Å². The summed E-state index contributed by atoms with van der Waals surface area (Å²) < 4.78 is 19.7. The number of rotatable bonds is 10. The van der Waals surface area contributed by atoms with E-state index in [1.54, 1.807) is 74.3 Å². The number of fused-ring (bicyclic) bond motifs is 1. The van der Waals surface area contributed by atoms with E-state index in [2.05, 4.69) is 15.3 Å². The number of benzene rings is 2. The van der Waals surface area contributed by atoms with Crippen LogP contribution in [0.4, 0.5) is 5.82 Å². The van der Waals surface area contributed by atoms with E-state index >= 15 is 0 Å². The minimum atomic E-state index is -0.793. The smallest absolute Gasteiger partial charge is 0.322 e. The van der Waals surface area contributed by atoms with Gasteiger partial charge in [-0.3, -0.25) is 24.0 Å². The molecular formula is C32H33ClN6O6. The molecule has 13 heteroatoms. The van der Waals surface area contributed by atoms with Gasteiger partial charge in [0.15, 0.2) is 0 Å². The van der Waals surface area contributed by atoms with Crippen LogP contribution in [-0.4, -0.2) is 50.5 Å². The molecule has 5 aromatic rings. The van der Waals surface area contributed by atoms with Gasteiger partial charge in [0.25, 0.3) is 11.5 Å². The summed E-state index contributed by atoms with van der Waals surface area (Å²) in [5.74, 6) is 0.731. The molecule has 0 bridgehead atoms. The molecule has 0 saturated heterocycles. The lowest BCUT2D eigenvalue weighted by molar-refractivity contribution is -0.150. The number of hydrogen-bond donors (Lipinski definition) is 2. The predicted octanol–water partition coefficient (Wildman–Crippen LogP) is 4.64. The molecule has 2 aromatic carbocycles. The van der Waals surface area contributed by atoms with Crippen LogP contribution in [0.2, 0.25) is 0 Å². The minimum Gasteiger partial charge on any atom is -0.497 e. The fourth-order valence-corrected chi connectivity index (χ4v) is 4.68. The van der Waals surface area contributed by atoms with Crippen LogP contribution in [0.15, 0.2) is 83.9 Å². The molecule has 3 N–H and O–H groups in total. The molecule has 3 heterocycles. The van der Waals surface area contributed by atoms with Crippen LogP contribution in [0.5, 0.6) is 17.2 Å². The van der Waals surface area contributed by atoms with Crippen molar-refractivity contribution in [2.24, 2.45) is 5.73 Å². The summed E-state index contributed by atoms with van der Waals surface area (Å²) in [5.41, 5.74) is 6.69.